The van der Waals surface area contributed by atoms with Crippen LogP contribution in [-0.4, -0.2) is 53.4 Å². The molecule has 1 aliphatic rings. The molecule has 1 atom stereocenters. The molecule has 24 heavy (non-hydrogen) atoms. The van der Waals surface area contributed by atoms with Crippen molar-refractivity contribution in [3.8, 4) is 5.69 Å². The summed E-state index contributed by atoms with van der Waals surface area (Å²) in [5.41, 5.74) is 1.64. The minimum Gasteiger partial charge on any atom is -0.366 e. The first-order valence-electron chi connectivity index (χ1n) is 7.57. The number of morpholine rings is 1. The van der Waals surface area contributed by atoms with E-state index in [1.807, 2.05) is 20.0 Å². The number of rotatable bonds is 3. The number of anilines is 1. The Balaban J connectivity index is 1.76. The van der Waals surface area contributed by atoms with Crippen molar-refractivity contribution >= 4 is 34.9 Å². The molecule has 1 aliphatic heterocycles. The number of hydrogen-bond acceptors (Lipinski definition) is 4. The average Bonchev–Trinajstić information content (AvgIpc) is 2.90. The lowest BCUT2D eigenvalue weighted by atomic mass is 10.2. The van der Waals surface area contributed by atoms with E-state index < -0.39 is 6.10 Å². The zero-order valence-electron chi connectivity index (χ0n) is 13.4. The van der Waals surface area contributed by atoms with Crippen LogP contribution in [0.4, 0.5) is 5.82 Å². The van der Waals surface area contributed by atoms with Gasteiger partial charge in [-0.15, -0.1) is 5.10 Å². The van der Waals surface area contributed by atoms with Gasteiger partial charge >= 0.3 is 0 Å². The standard InChI is InChI=1S/C16H18Cl2N4O2/c1-10-7-15(19-16(23)14-9-21(2)5-6-24-14)20-22(10)11-3-4-12(17)13(18)8-11/h3-4,7-8,14H,5-6,9H2,1-2H3,(H,19,20,23). The van der Waals surface area contributed by atoms with E-state index in [0.29, 0.717) is 29.0 Å². The second kappa shape index (κ2) is 7.11. The number of aromatic nitrogens is 2. The van der Waals surface area contributed by atoms with Crippen LogP contribution in [0.5, 0.6) is 0 Å². The van der Waals surface area contributed by atoms with Crippen LogP contribution < -0.4 is 5.32 Å². The number of benzene rings is 1. The number of ether oxygens (including phenoxy) is 1. The molecule has 0 saturated carbocycles. The minimum atomic E-state index is -0.487. The maximum absolute atomic E-state index is 12.3. The Labute approximate surface area is 150 Å². The molecular formula is C16H18Cl2N4O2. The molecule has 1 unspecified atom stereocenters. The van der Waals surface area contributed by atoms with Crippen LogP contribution in [0, 0.1) is 6.92 Å². The van der Waals surface area contributed by atoms with E-state index in [4.69, 9.17) is 27.9 Å². The molecule has 1 aromatic carbocycles. The molecule has 0 radical (unpaired) electrons. The number of nitrogens with zero attached hydrogens (tertiary/aromatic N) is 3. The van der Waals surface area contributed by atoms with Gasteiger partial charge in [-0.25, -0.2) is 4.68 Å². The molecule has 0 bridgehead atoms. The summed E-state index contributed by atoms with van der Waals surface area (Å²) in [7, 11) is 1.96. The normalized spacial score (nSPS) is 18.6. The predicted molar refractivity (Wildman–Crippen MR) is 94.2 cm³/mol. The number of halogens is 2. The first-order chi connectivity index (χ1) is 11.4. The summed E-state index contributed by atoms with van der Waals surface area (Å²) in [6.45, 7) is 3.84. The largest absolute Gasteiger partial charge is 0.366 e. The van der Waals surface area contributed by atoms with E-state index in [9.17, 15) is 4.79 Å². The topological polar surface area (TPSA) is 59.4 Å². The molecule has 8 heteroatoms. The van der Waals surface area contributed by atoms with Crippen LogP contribution in [0.2, 0.25) is 10.0 Å². The van der Waals surface area contributed by atoms with E-state index in [1.165, 1.54) is 0 Å². The van der Waals surface area contributed by atoms with Gasteiger partial charge in [0, 0.05) is 24.8 Å². The van der Waals surface area contributed by atoms with Gasteiger partial charge in [0.15, 0.2) is 5.82 Å². The van der Waals surface area contributed by atoms with Crippen molar-refractivity contribution in [2.75, 3.05) is 32.1 Å². The highest BCUT2D eigenvalue weighted by Crippen LogP contribution is 2.25. The second-order valence-electron chi connectivity index (χ2n) is 5.79. The molecule has 0 aliphatic carbocycles. The van der Waals surface area contributed by atoms with E-state index in [1.54, 1.807) is 22.9 Å². The Morgan fingerprint density at radius 1 is 1.33 bits per heavy atom. The quantitative estimate of drug-likeness (QED) is 0.904. The van der Waals surface area contributed by atoms with Crippen molar-refractivity contribution in [1.29, 1.82) is 0 Å². The summed E-state index contributed by atoms with van der Waals surface area (Å²) in [5.74, 6) is 0.278. The number of likely N-dealkylation sites (N-methyl/N-ethyl adjacent to an activating group) is 1. The van der Waals surface area contributed by atoms with Gasteiger partial charge in [-0.05, 0) is 32.2 Å². The number of nitrogens with one attached hydrogen (secondary N) is 1. The van der Waals surface area contributed by atoms with Crippen molar-refractivity contribution in [2.24, 2.45) is 0 Å². The highest BCUT2D eigenvalue weighted by Gasteiger charge is 2.25. The third-order valence-electron chi connectivity index (χ3n) is 3.85. The molecule has 1 fully saturated rings. The predicted octanol–water partition coefficient (Wildman–Crippen LogP) is 2.76. The Kier molecular flexibility index (Phi) is 5.10. The van der Waals surface area contributed by atoms with E-state index in [0.717, 1.165) is 17.9 Å². The third-order valence-corrected chi connectivity index (χ3v) is 4.59. The summed E-state index contributed by atoms with van der Waals surface area (Å²) in [5, 5.41) is 8.16. The zero-order chi connectivity index (χ0) is 17.3. The number of carbonyl (C=O) groups is 1. The fourth-order valence-corrected chi connectivity index (χ4v) is 2.85. The minimum absolute atomic E-state index is 0.194. The van der Waals surface area contributed by atoms with Gasteiger partial charge in [-0.3, -0.25) is 4.79 Å². The van der Waals surface area contributed by atoms with Crippen LogP contribution in [0.25, 0.3) is 5.69 Å². The Morgan fingerprint density at radius 3 is 2.83 bits per heavy atom. The summed E-state index contributed by atoms with van der Waals surface area (Å²) in [6, 6.07) is 7.06. The van der Waals surface area contributed by atoms with Gasteiger partial charge in [0.25, 0.3) is 5.91 Å². The molecule has 0 spiro atoms. The number of hydrogen-bond donors (Lipinski definition) is 1. The van der Waals surface area contributed by atoms with Gasteiger partial charge in [-0.2, -0.15) is 0 Å². The zero-order valence-corrected chi connectivity index (χ0v) is 14.9. The van der Waals surface area contributed by atoms with Crippen molar-refractivity contribution in [2.45, 2.75) is 13.0 Å². The monoisotopic (exact) mass is 368 g/mol. The molecule has 1 N–H and O–H groups in total. The first-order valence-corrected chi connectivity index (χ1v) is 8.33. The van der Waals surface area contributed by atoms with Gasteiger partial charge in [0.1, 0.15) is 6.10 Å². The highest BCUT2D eigenvalue weighted by molar-refractivity contribution is 6.42. The first kappa shape index (κ1) is 17.2. The molecule has 2 heterocycles. The van der Waals surface area contributed by atoms with Gasteiger partial charge < -0.3 is 15.0 Å². The number of aryl methyl sites for hydroxylation is 1. The number of carbonyl (C=O) groups excluding carboxylic acids is 1. The summed E-state index contributed by atoms with van der Waals surface area (Å²) in [4.78, 5) is 14.4. The van der Waals surface area contributed by atoms with Crippen molar-refractivity contribution < 1.29 is 9.53 Å². The Morgan fingerprint density at radius 2 is 2.12 bits per heavy atom. The summed E-state index contributed by atoms with van der Waals surface area (Å²) >= 11 is 12.0. The lowest BCUT2D eigenvalue weighted by Gasteiger charge is -2.28. The SMILES string of the molecule is Cc1cc(NC(=O)C2CN(C)CCO2)nn1-c1ccc(Cl)c(Cl)c1. The maximum Gasteiger partial charge on any atom is 0.256 e. The average molecular weight is 369 g/mol. The van der Waals surface area contributed by atoms with Crippen molar-refractivity contribution in [3.05, 3.63) is 40.0 Å². The van der Waals surface area contributed by atoms with Crippen LogP contribution in [0.1, 0.15) is 5.69 Å². The van der Waals surface area contributed by atoms with Crippen molar-refractivity contribution in [1.82, 2.24) is 14.7 Å². The fourth-order valence-electron chi connectivity index (χ4n) is 2.56. The summed E-state index contributed by atoms with van der Waals surface area (Å²) < 4.78 is 7.21. The van der Waals surface area contributed by atoms with E-state index in [2.05, 4.69) is 15.3 Å². The molecule has 128 valence electrons. The van der Waals surface area contributed by atoms with Gasteiger partial charge in [0.2, 0.25) is 0 Å². The molecule has 6 nitrogen and oxygen atoms in total. The fraction of sp³-hybridized carbons (Fsp3) is 0.375. The van der Waals surface area contributed by atoms with Gasteiger partial charge in [0.05, 0.1) is 22.3 Å². The van der Waals surface area contributed by atoms with Crippen LogP contribution in [0.15, 0.2) is 24.3 Å². The Bertz CT molecular complexity index is 763. The maximum atomic E-state index is 12.3. The molecule has 1 amide bonds. The van der Waals surface area contributed by atoms with Crippen LogP contribution in [-0.2, 0) is 9.53 Å². The van der Waals surface area contributed by atoms with E-state index in [-0.39, 0.29) is 5.91 Å². The molecule has 1 saturated heterocycles. The third kappa shape index (κ3) is 3.72. The van der Waals surface area contributed by atoms with Gasteiger partial charge in [-0.1, -0.05) is 23.2 Å². The molecule has 3 rings (SSSR count). The van der Waals surface area contributed by atoms with E-state index >= 15 is 0 Å². The smallest absolute Gasteiger partial charge is 0.256 e. The molecule has 2 aromatic rings. The Hall–Kier alpha value is -1.60. The summed E-state index contributed by atoms with van der Waals surface area (Å²) in [6.07, 6.45) is -0.487. The number of amides is 1. The molecule has 1 aromatic heterocycles. The van der Waals surface area contributed by atoms with Crippen LogP contribution >= 0.6 is 23.2 Å². The lowest BCUT2D eigenvalue weighted by Crippen LogP contribution is -2.46. The van der Waals surface area contributed by atoms with Crippen molar-refractivity contribution in [3.63, 3.8) is 0 Å². The lowest BCUT2D eigenvalue weighted by molar-refractivity contribution is -0.132. The van der Waals surface area contributed by atoms with Crippen LogP contribution in [0.3, 0.4) is 0 Å². The molecular weight excluding hydrogens is 351 g/mol. The highest BCUT2D eigenvalue weighted by atomic mass is 35.5. The second-order valence-corrected chi connectivity index (χ2v) is 6.61.